The third kappa shape index (κ3) is 2.78. The maximum atomic E-state index is 5.50. The van der Waals surface area contributed by atoms with Crippen LogP contribution in [-0.4, -0.2) is 23.9 Å². The van der Waals surface area contributed by atoms with E-state index in [0.29, 0.717) is 12.0 Å². The minimum Gasteiger partial charge on any atom is -0.493 e. The van der Waals surface area contributed by atoms with Gasteiger partial charge in [-0.3, -0.25) is 4.68 Å². The molecule has 4 nitrogen and oxygen atoms in total. The molecule has 1 saturated carbocycles. The number of methoxy groups -OCH3 is 1. The summed E-state index contributed by atoms with van der Waals surface area (Å²) in [7, 11) is 3.78. The van der Waals surface area contributed by atoms with Crippen LogP contribution in [0, 0.1) is 11.8 Å². The number of rotatable bonds is 6. The van der Waals surface area contributed by atoms with Crippen molar-refractivity contribution < 1.29 is 4.74 Å². The molecule has 0 aliphatic heterocycles. The van der Waals surface area contributed by atoms with Gasteiger partial charge in [-0.1, -0.05) is 19.8 Å². The molecule has 0 bridgehead atoms. The zero-order valence-corrected chi connectivity index (χ0v) is 12.6. The van der Waals surface area contributed by atoms with Crippen LogP contribution in [0.2, 0.25) is 0 Å². The lowest BCUT2D eigenvalue weighted by atomic mass is 9.93. The van der Waals surface area contributed by atoms with E-state index in [1.54, 1.807) is 7.11 Å². The number of hydrogen-bond donors (Lipinski definition) is 1. The van der Waals surface area contributed by atoms with Gasteiger partial charge in [-0.25, -0.2) is 0 Å². The molecular formula is C15H27N3O. The van der Waals surface area contributed by atoms with Crippen LogP contribution in [0.15, 0.2) is 6.20 Å². The van der Waals surface area contributed by atoms with E-state index in [1.165, 1.54) is 31.4 Å². The standard InChI is InChI=1S/C15H27N3O/c1-5-11-7-8-12(9-11)14(16-3)15-13(19-4)10-17-18(15)6-2/h10-12,14,16H,5-9H2,1-4H3. The highest BCUT2D eigenvalue weighted by Gasteiger charge is 2.33. The van der Waals surface area contributed by atoms with Crippen molar-refractivity contribution in [1.29, 1.82) is 0 Å². The quantitative estimate of drug-likeness (QED) is 0.859. The van der Waals surface area contributed by atoms with Gasteiger partial charge in [0.05, 0.1) is 25.0 Å². The van der Waals surface area contributed by atoms with Gasteiger partial charge < -0.3 is 10.1 Å². The normalized spacial score (nSPS) is 24.6. The summed E-state index contributed by atoms with van der Waals surface area (Å²) in [4.78, 5) is 0. The smallest absolute Gasteiger partial charge is 0.161 e. The molecule has 1 fully saturated rings. The van der Waals surface area contributed by atoms with Crippen LogP contribution in [0.3, 0.4) is 0 Å². The van der Waals surface area contributed by atoms with E-state index in [2.05, 4.69) is 36.0 Å². The molecule has 19 heavy (non-hydrogen) atoms. The highest BCUT2D eigenvalue weighted by Crippen LogP contribution is 2.42. The van der Waals surface area contributed by atoms with Crippen LogP contribution in [0.1, 0.15) is 51.3 Å². The molecule has 2 rings (SSSR count). The molecule has 0 amide bonds. The van der Waals surface area contributed by atoms with Crippen LogP contribution in [-0.2, 0) is 6.54 Å². The lowest BCUT2D eigenvalue weighted by molar-refractivity contribution is 0.333. The van der Waals surface area contributed by atoms with E-state index in [9.17, 15) is 0 Å². The molecule has 1 aromatic rings. The minimum atomic E-state index is 0.356. The average Bonchev–Trinajstić information content (AvgIpc) is 3.06. The lowest BCUT2D eigenvalue weighted by Crippen LogP contribution is -2.27. The molecule has 4 heteroatoms. The molecule has 0 spiro atoms. The van der Waals surface area contributed by atoms with Gasteiger partial charge >= 0.3 is 0 Å². The fourth-order valence-electron chi connectivity index (χ4n) is 3.48. The molecule has 1 N–H and O–H groups in total. The van der Waals surface area contributed by atoms with Crippen molar-refractivity contribution in [2.24, 2.45) is 11.8 Å². The first kappa shape index (κ1) is 14.4. The molecule has 0 saturated heterocycles. The fraction of sp³-hybridized carbons (Fsp3) is 0.800. The maximum absolute atomic E-state index is 5.50. The Kier molecular flexibility index (Phi) is 4.86. The Hall–Kier alpha value is -1.03. The van der Waals surface area contributed by atoms with Crippen LogP contribution >= 0.6 is 0 Å². The second-order valence-corrected chi connectivity index (χ2v) is 5.53. The van der Waals surface area contributed by atoms with Gasteiger partial charge in [0.2, 0.25) is 0 Å². The molecule has 1 heterocycles. The first-order valence-electron chi connectivity index (χ1n) is 7.52. The van der Waals surface area contributed by atoms with Crippen molar-refractivity contribution in [2.45, 2.75) is 52.1 Å². The summed E-state index contributed by atoms with van der Waals surface area (Å²) in [5, 5.41) is 7.94. The number of nitrogens with one attached hydrogen (secondary N) is 1. The summed E-state index contributed by atoms with van der Waals surface area (Å²) >= 11 is 0. The monoisotopic (exact) mass is 265 g/mol. The van der Waals surface area contributed by atoms with Crippen LogP contribution in [0.4, 0.5) is 0 Å². The molecule has 1 aliphatic rings. The van der Waals surface area contributed by atoms with E-state index >= 15 is 0 Å². The lowest BCUT2D eigenvalue weighted by Gasteiger charge is -2.25. The minimum absolute atomic E-state index is 0.356. The van der Waals surface area contributed by atoms with E-state index < -0.39 is 0 Å². The van der Waals surface area contributed by atoms with Gasteiger partial charge in [0.1, 0.15) is 0 Å². The van der Waals surface area contributed by atoms with Crippen molar-refractivity contribution in [3.8, 4) is 5.75 Å². The van der Waals surface area contributed by atoms with Crippen molar-refractivity contribution in [3.63, 3.8) is 0 Å². The van der Waals surface area contributed by atoms with Crippen molar-refractivity contribution >= 4 is 0 Å². The summed E-state index contributed by atoms with van der Waals surface area (Å²) in [5.41, 5.74) is 1.22. The molecule has 1 aliphatic carbocycles. The highest BCUT2D eigenvalue weighted by atomic mass is 16.5. The van der Waals surface area contributed by atoms with E-state index in [-0.39, 0.29) is 0 Å². The molecule has 1 aromatic heterocycles. The van der Waals surface area contributed by atoms with Crippen molar-refractivity contribution in [3.05, 3.63) is 11.9 Å². The Labute approximate surface area is 116 Å². The van der Waals surface area contributed by atoms with Crippen molar-refractivity contribution in [2.75, 3.05) is 14.2 Å². The number of hydrogen-bond acceptors (Lipinski definition) is 3. The zero-order valence-electron chi connectivity index (χ0n) is 12.6. The summed E-state index contributed by atoms with van der Waals surface area (Å²) in [6.45, 7) is 5.32. The third-order valence-corrected chi connectivity index (χ3v) is 4.60. The molecule has 0 radical (unpaired) electrons. The molecule has 3 atom stereocenters. The number of aromatic nitrogens is 2. The molecular weight excluding hydrogens is 238 g/mol. The summed E-state index contributed by atoms with van der Waals surface area (Å²) < 4.78 is 7.57. The topological polar surface area (TPSA) is 39.1 Å². The Morgan fingerprint density at radius 2 is 2.26 bits per heavy atom. The number of aryl methyl sites for hydroxylation is 1. The zero-order chi connectivity index (χ0) is 13.8. The number of nitrogens with zero attached hydrogens (tertiary/aromatic N) is 2. The Balaban J connectivity index is 2.24. The Morgan fingerprint density at radius 1 is 1.47 bits per heavy atom. The Morgan fingerprint density at radius 3 is 2.79 bits per heavy atom. The molecule has 3 unspecified atom stereocenters. The van der Waals surface area contributed by atoms with E-state index in [1.807, 2.05) is 6.20 Å². The van der Waals surface area contributed by atoms with E-state index in [0.717, 1.165) is 18.2 Å². The van der Waals surface area contributed by atoms with Gasteiger partial charge in [0.15, 0.2) is 5.75 Å². The largest absolute Gasteiger partial charge is 0.493 e. The fourth-order valence-corrected chi connectivity index (χ4v) is 3.48. The van der Waals surface area contributed by atoms with Crippen LogP contribution in [0.5, 0.6) is 5.75 Å². The predicted octanol–water partition coefficient (Wildman–Crippen LogP) is 3.00. The average molecular weight is 265 g/mol. The summed E-state index contributed by atoms with van der Waals surface area (Å²) in [6, 6.07) is 0.356. The predicted molar refractivity (Wildman–Crippen MR) is 77.4 cm³/mol. The van der Waals surface area contributed by atoms with Gasteiger partial charge in [-0.15, -0.1) is 0 Å². The maximum Gasteiger partial charge on any atom is 0.161 e. The second-order valence-electron chi connectivity index (χ2n) is 5.53. The number of ether oxygens (including phenoxy) is 1. The van der Waals surface area contributed by atoms with Crippen molar-refractivity contribution in [1.82, 2.24) is 15.1 Å². The van der Waals surface area contributed by atoms with Gasteiger partial charge in [-0.05, 0) is 38.6 Å². The SMILES string of the molecule is CCC1CCC(C(NC)c2c(OC)cnn2CC)C1. The van der Waals surface area contributed by atoms with Gasteiger partial charge in [0.25, 0.3) is 0 Å². The van der Waals surface area contributed by atoms with E-state index in [4.69, 9.17) is 4.74 Å². The summed E-state index contributed by atoms with van der Waals surface area (Å²) in [5.74, 6) is 2.51. The first-order valence-corrected chi connectivity index (χ1v) is 7.52. The molecule has 0 aromatic carbocycles. The first-order chi connectivity index (χ1) is 9.24. The van der Waals surface area contributed by atoms with Crippen LogP contribution in [0.25, 0.3) is 0 Å². The van der Waals surface area contributed by atoms with Gasteiger partial charge in [0, 0.05) is 6.54 Å². The summed E-state index contributed by atoms with van der Waals surface area (Å²) in [6.07, 6.45) is 7.14. The van der Waals surface area contributed by atoms with Crippen LogP contribution < -0.4 is 10.1 Å². The Bertz CT molecular complexity index is 381. The highest BCUT2D eigenvalue weighted by molar-refractivity contribution is 5.29. The second kappa shape index (κ2) is 6.42. The third-order valence-electron chi connectivity index (χ3n) is 4.60. The van der Waals surface area contributed by atoms with Gasteiger partial charge in [-0.2, -0.15) is 5.10 Å². The molecule has 108 valence electrons.